The van der Waals surface area contributed by atoms with Gasteiger partial charge in [0.25, 0.3) is 0 Å². The molecular weight excluding hydrogens is 412 g/mol. The van der Waals surface area contributed by atoms with Crippen molar-refractivity contribution in [1.29, 1.82) is 0 Å². The Morgan fingerprint density at radius 2 is 2.00 bits per heavy atom. The molecule has 2 aromatic carbocycles. The number of carboxylic acids is 1. The molecule has 0 unspecified atom stereocenters. The Morgan fingerprint density at radius 1 is 1.22 bits per heavy atom. The average molecular weight is 440 g/mol. The van der Waals surface area contributed by atoms with Crippen LogP contribution in [0.4, 0.5) is 0 Å². The minimum Gasteiger partial charge on any atom is -0.493 e. The lowest BCUT2D eigenvalue weighted by molar-refractivity contribution is -0.139. The highest BCUT2D eigenvalue weighted by Gasteiger charge is 2.40. The molecule has 0 aliphatic carbocycles. The van der Waals surface area contributed by atoms with Crippen LogP contribution < -0.4 is 18.9 Å². The van der Waals surface area contributed by atoms with E-state index in [9.17, 15) is 4.79 Å². The molecule has 4 atom stereocenters. The fourth-order valence-electron chi connectivity index (χ4n) is 4.52. The highest BCUT2D eigenvalue weighted by atomic mass is 16.7. The van der Waals surface area contributed by atoms with Crippen molar-refractivity contribution < 1.29 is 33.6 Å². The van der Waals surface area contributed by atoms with Gasteiger partial charge in [0.2, 0.25) is 6.79 Å². The molecule has 2 aliphatic heterocycles. The molecule has 32 heavy (non-hydrogen) atoms. The van der Waals surface area contributed by atoms with Crippen molar-refractivity contribution in [2.75, 3.05) is 20.5 Å². The summed E-state index contributed by atoms with van der Waals surface area (Å²) in [6.07, 6.45) is 0.372. The van der Waals surface area contributed by atoms with E-state index in [0.717, 1.165) is 34.6 Å². The lowest BCUT2D eigenvalue weighted by Crippen LogP contribution is -2.34. The van der Waals surface area contributed by atoms with Gasteiger partial charge < -0.3 is 28.8 Å². The number of carboxylic acid groups (broad SMARTS) is 1. The largest absolute Gasteiger partial charge is 0.493 e. The quantitative estimate of drug-likeness (QED) is 0.624. The molecule has 0 aromatic heterocycles. The number of aliphatic carboxylic acids is 1. The van der Waals surface area contributed by atoms with Gasteiger partial charge in [0.05, 0.1) is 19.3 Å². The highest BCUT2D eigenvalue weighted by Crippen LogP contribution is 2.50. The molecule has 4 rings (SSSR count). The maximum Gasteiger partial charge on any atom is 0.341 e. The van der Waals surface area contributed by atoms with Gasteiger partial charge in [-0.25, -0.2) is 4.79 Å². The molecular formula is C25H28O7. The van der Waals surface area contributed by atoms with E-state index in [1.165, 1.54) is 7.11 Å². The van der Waals surface area contributed by atoms with E-state index in [1.807, 2.05) is 31.2 Å². The van der Waals surface area contributed by atoms with E-state index < -0.39 is 12.6 Å². The van der Waals surface area contributed by atoms with Gasteiger partial charge in [-0.3, -0.25) is 0 Å². The third-order valence-corrected chi connectivity index (χ3v) is 6.13. The van der Waals surface area contributed by atoms with Crippen LogP contribution in [0.15, 0.2) is 48.6 Å². The smallest absolute Gasteiger partial charge is 0.341 e. The number of para-hydroxylation sites is 1. The highest BCUT2D eigenvalue weighted by molar-refractivity contribution is 5.69. The number of benzene rings is 2. The molecule has 2 heterocycles. The van der Waals surface area contributed by atoms with Gasteiger partial charge in [0.1, 0.15) is 0 Å². The summed E-state index contributed by atoms with van der Waals surface area (Å²) in [6, 6.07) is 11.5. The van der Waals surface area contributed by atoms with Crippen LogP contribution in [0.5, 0.6) is 23.0 Å². The van der Waals surface area contributed by atoms with E-state index in [0.29, 0.717) is 11.5 Å². The molecule has 170 valence electrons. The van der Waals surface area contributed by atoms with E-state index in [-0.39, 0.29) is 30.8 Å². The van der Waals surface area contributed by atoms with Crippen LogP contribution >= 0.6 is 0 Å². The number of hydrogen-bond donors (Lipinski definition) is 1. The summed E-state index contributed by atoms with van der Waals surface area (Å²) in [5.74, 6) is 1.45. The Bertz CT molecular complexity index is 1020. The Morgan fingerprint density at radius 3 is 2.72 bits per heavy atom. The van der Waals surface area contributed by atoms with Crippen molar-refractivity contribution in [2.24, 2.45) is 5.92 Å². The second-order valence-corrected chi connectivity index (χ2v) is 8.23. The Kier molecular flexibility index (Phi) is 6.28. The number of methoxy groups -OCH3 is 1. The third kappa shape index (κ3) is 4.25. The Hall–Kier alpha value is -3.19. The zero-order chi connectivity index (χ0) is 22.8. The van der Waals surface area contributed by atoms with Crippen molar-refractivity contribution in [3.8, 4) is 23.0 Å². The summed E-state index contributed by atoms with van der Waals surface area (Å²) in [6.45, 7) is 8.04. The molecule has 1 fully saturated rings. The van der Waals surface area contributed by atoms with Crippen LogP contribution in [0.3, 0.4) is 0 Å². The molecule has 0 amide bonds. The second kappa shape index (κ2) is 9.12. The van der Waals surface area contributed by atoms with Gasteiger partial charge in [0, 0.05) is 17.4 Å². The molecule has 0 saturated carbocycles. The standard InChI is InChI=1S/C25H28O7/c1-14(2)18-11-19(16-8-9-20-22(10-16)31-13-30-20)15(3)32-24(18)17-6-5-7-21(28-4)25(17)29-12-23(26)27/h5-10,15,18-19,24H,1,11-13H2,2-4H3,(H,26,27)/t15-,18+,19-,24+/m0/s1. The first-order chi connectivity index (χ1) is 15.4. The zero-order valence-corrected chi connectivity index (χ0v) is 18.5. The molecule has 0 bridgehead atoms. The molecule has 1 saturated heterocycles. The van der Waals surface area contributed by atoms with E-state index in [1.54, 1.807) is 6.07 Å². The maximum absolute atomic E-state index is 11.1. The van der Waals surface area contributed by atoms with Crippen LogP contribution in [-0.2, 0) is 9.53 Å². The first-order valence-electron chi connectivity index (χ1n) is 10.6. The third-order valence-electron chi connectivity index (χ3n) is 6.13. The summed E-state index contributed by atoms with van der Waals surface area (Å²) < 4.78 is 28.6. The first kappa shape index (κ1) is 22.0. The van der Waals surface area contributed by atoms with Crippen LogP contribution in [0.2, 0.25) is 0 Å². The summed E-state index contributed by atoms with van der Waals surface area (Å²) >= 11 is 0. The lowest BCUT2D eigenvalue weighted by atomic mass is 9.76. The van der Waals surface area contributed by atoms with Gasteiger partial charge in [-0.2, -0.15) is 0 Å². The minimum absolute atomic E-state index is 0.000840. The summed E-state index contributed by atoms with van der Waals surface area (Å²) in [5.41, 5.74) is 2.87. The predicted octanol–water partition coefficient (Wildman–Crippen LogP) is 4.71. The predicted molar refractivity (Wildman–Crippen MR) is 118 cm³/mol. The summed E-state index contributed by atoms with van der Waals surface area (Å²) in [5, 5.41) is 9.12. The summed E-state index contributed by atoms with van der Waals surface area (Å²) in [7, 11) is 1.53. The summed E-state index contributed by atoms with van der Waals surface area (Å²) in [4.78, 5) is 11.1. The molecule has 1 N–H and O–H groups in total. The van der Waals surface area contributed by atoms with Crippen molar-refractivity contribution in [3.63, 3.8) is 0 Å². The zero-order valence-electron chi connectivity index (χ0n) is 18.5. The van der Waals surface area contributed by atoms with Crippen LogP contribution in [-0.4, -0.2) is 37.7 Å². The molecule has 0 spiro atoms. The SMILES string of the molecule is C=C(C)[C@H]1C[C@H](c2ccc3c(c2)OCO3)[C@H](C)O[C@@H]1c1cccc(OC)c1OCC(=O)O. The van der Waals surface area contributed by atoms with Gasteiger partial charge in [-0.15, -0.1) is 0 Å². The van der Waals surface area contributed by atoms with Crippen LogP contribution in [0.25, 0.3) is 0 Å². The topological polar surface area (TPSA) is 83.5 Å². The fraction of sp³-hybridized carbons (Fsp3) is 0.400. The molecule has 2 aliphatic rings. The number of carbonyl (C=O) groups is 1. The minimum atomic E-state index is -1.06. The van der Waals surface area contributed by atoms with Gasteiger partial charge >= 0.3 is 5.97 Å². The van der Waals surface area contributed by atoms with Gasteiger partial charge in [-0.05, 0) is 44.0 Å². The fourth-order valence-corrected chi connectivity index (χ4v) is 4.52. The molecule has 2 aromatic rings. The number of ether oxygens (including phenoxy) is 5. The van der Waals surface area contributed by atoms with Crippen molar-refractivity contribution in [3.05, 3.63) is 59.7 Å². The Balaban J connectivity index is 1.66. The van der Waals surface area contributed by atoms with Gasteiger partial charge in [-0.1, -0.05) is 30.4 Å². The van der Waals surface area contributed by atoms with E-state index >= 15 is 0 Å². The van der Waals surface area contributed by atoms with Crippen LogP contribution in [0, 0.1) is 5.92 Å². The average Bonchev–Trinajstić information content (AvgIpc) is 3.24. The monoisotopic (exact) mass is 440 g/mol. The molecule has 7 heteroatoms. The van der Waals surface area contributed by atoms with Crippen molar-refractivity contribution in [2.45, 2.75) is 38.4 Å². The number of rotatable bonds is 7. The van der Waals surface area contributed by atoms with Crippen LogP contribution in [0.1, 0.15) is 43.4 Å². The van der Waals surface area contributed by atoms with E-state index in [4.69, 9.17) is 28.8 Å². The maximum atomic E-state index is 11.1. The normalized spacial score (nSPS) is 24.1. The number of fused-ring (bicyclic) bond motifs is 1. The van der Waals surface area contributed by atoms with Crippen molar-refractivity contribution >= 4 is 5.97 Å². The van der Waals surface area contributed by atoms with Crippen molar-refractivity contribution in [1.82, 2.24) is 0 Å². The van der Waals surface area contributed by atoms with E-state index in [2.05, 4.69) is 19.6 Å². The number of hydrogen-bond acceptors (Lipinski definition) is 6. The van der Waals surface area contributed by atoms with Gasteiger partial charge in [0.15, 0.2) is 29.6 Å². The Labute approximate surface area is 187 Å². The molecule has 0 radical (unpaired) electrons. The second-order valence-electron chi connectivity index (χ2n) is 8.23. The molecule has 7 nitrogen and oxygen atoms in total. The first-order valence-corrected chi connectivity index (χ1v) is 10.6. The lowest BCUT2D eigenvalue weighted by Gasteiger charge is -2.42.